The van der Waals surface area contributed by atoms with Crippen molar-refractivity contribution in [1.29, 1.82) is 0 Å². The first-order chi connectivity index (χ1) is 19.4. The van der Waals surface area contributed by atoms with Crippen LogP contribution >= 0.6 is 0 Å². The third-order valence-electron chi connectivity index (χ3n) is 6.46. The highest BCUT2D eigenvalue weighted by atomic mass is 19.4. The van der Waals surface area contributed by atoms with Crippen LogP contribution in [-0.2, 0) is 22.6 Å². The Morgan fingerprint density at radius 1 is 1.17 bits per heavy atom. The molecule has 3 aromatic rings. The Labute approximate surface area is 236 Å². The summed E-state index contributed by atoms with van der Waals surface area (Å²) >= 11 is 0. The largest absolute Gasteiger partial charge is 0.497 e. The summed E-state index contributed by atoms with van der Waals surface area (Å²) in [6.07, 6.45) is -0.843. The summed E-state index contributed by atoms with van der Waals surface area (Å²) in [5, 5.41) is 17.1. The molecule has 2 aromatic carbocycles. The number of hydrogen-bond acceptors (Lipinski definition) is 7. The molecule has 1 aliphatic rings. The van der Waals surface area contributed by atoms with E-state index in [-0.39, 0.29) is 11.9 Å². The molecule has 13 heteroatoms. The van der Waals surface area contributed by atoms with Crippen molar-refractivity contribution < 1.29 is 37.3 Å². The van der Waals surface area contributed by atoms with Crippen molar-refractivity contribution in [3.8, 4) is 22.6 Å². The summed E-state index contributed by atoms with van der Waals surface area (Å²) < 4.78 is 43.2. The Hall–Kier alpha value is -4.10. The molecule has 0 saturated heterocycles. The quantitative estimate of drug-likeness (QED) is 0.349. The Balaban J connectivity index is 0.000000587. The lowest BCUT2D eigenvalue weighted by Crippen LogP contribution is -2.47. The number of hydrogen-bond donors (Lipinski definition) is 3. The summed E-state index contributed by atoms with van der Waals surface area (Å²) in [5.74, 6) is -1.33. The molecule has 1 aliphatic heterocycles. The van der Waals surface area contributed by atoms with E-state index >= 15 is 0 Å². The van der Waals surface area contributed by atoms with Gasteiger partial charge in [0.2, 0.25) is 5.91 Å². The molecule has 1 amide bonds. The van der Waals surface area contributed by atoms with Crippen LogP contribution < -0.4 is 14.8 Å². The van der Waals surface area contributed by atoms with Gasteiger partial charge in [0.05, 0.1) is 25.0 Å². The molecule has 0 radical (unpaired) electrons. The van der Waals surface area contributed by atoms with Crippen molar-refractivity contribution >= 4 is 17.6 Å². The van der Waals surface area contributed by atoms with Crippen molar-refractivity contribution in [3.63, 3.8) is 0 Å². The predicted octanol–water partition coefficient (Wildman–Crippen LogP) is 4.04. The molecule has 1 atom stereocenters. The molecule has 0 fully saturated rings. The van der Waals surface area contributed by atoms with Gasteiger partial charge in [0.25, 0.3) is 0 Å². The average molecular weight is 578 g/mol. The number of benzene rings is 2. The maximum absolute atomic E-state index is 13.5. The third-order valence-corrected chi connectivity index (χ3v) is 6.46. The van der Waals surface area contributed by atoms with E-state index in [1.807, 2.05) is 50.6 Å². The van der Waals surface area contributed by atoms with E-state index in [2.05, 4.69) is 38.3 Å². The number of aromatic amines is 1. The number of carboxylic acids is 1. The highest BCUT2D eigenvalue weighted by Gasteiger charge is 2.38. The number of nitrogens with zero attached hydrogens (tertiary/aromatic N) is 3. The minimum absolute atomic E-state index is 0.0381. The number of rotatable bonds is 9. The summed E-state index contributed by atoms with van der Waals surface area (Å²) in [5.41, 5.74) is 5.00. The molecule has 41 heavy (non-hydrogen) atoms. The molecule has 4 rings (SSSR count). The highest BCUT2D eigenvalue weighted by molar-refractivity contribution is 5.97. The summed E-state index contributed by atoms with van der Waals surface area (Å²) in [4.78, 5) is 26.6. The minimum atomic E-state index is -5.08. The summed E-state index contributed by atoms with van der Waals surface area (Å²) in [7, 11) is 5.67. The topological polar surface area (TPSA) is 120 Å². The number of likely N-dealkylation sites (N-methyl/N-ethyl adjacent to an activating group) is 2. The summed E-state index contributed by atoms with van der Waals surface area (Å²) in [6.45, 7) is 4.90. The van der Waals surface area contributed by atoms with Gasteiger partial charge in [0.1, 0.15) is 18.1 Å². The van der Waals surface area contributed by atoms with Crippen LogP contribution in [0.1, 0.15) is 18.1 Å². The second-order valence-electron chi connectivity index (χ2n) is 9.56. The van der Waals surface area contributed by atoms with Crippen molar-refractivity contribution in [2.24, 2.45) is 0 Å². The first-order valence-corrected chi connectivity index (χ1v) is 12.8. The lowest BCUT2D eigenvalue weighted by molar-refractivity contribution is -0.192. The second kappa shape index (κ2) is 14.0. The number of carbonyl (C=O) groups excluding carboxylic acids is 1. The molecule has 2 heterocycles. The molecular formula is C28H34F3N5O5. The second-order valence-corrected chi connectivity index (χ2v) is 9.56. The maximum Gasteiger partial charge on any atom is 0.490 e. The smallest absolute Gasteiger partial charge is 0.490 e. The van der Waals surface area contributed by atoms with E-state index in [4.69, 9.17) is 19.4 Å². The van der Waals surface area contributed by atoms with Gasteiger partial charge in [-0.1, -0.05) is 19.1 Å². The van der Waals surface area contributed by atoms with Crippen LogP contribution in [0.2, 0.25) is 0 Å². The zero-order chi connectivity index (χ0) is 30.2. The van der Waals surface area contributed by atoms with E-state index in [1.165, 1.54) is 5.56 Å². The van der Waals surface area contributed by atoms with Gasteiger partial charge in [-0.3, -0.25) is 14.8 Å². The first kappa shape index (κ1) is 31.4. The van der Waals surface area contributed by atoms with Gasteiger partial charge < -0.3 is 24.8 Å². The number of ether oxygens (including phenoxy) is 2. The van der Waals surface area contributed by atoms with Crippen LogP contribution in [0, 0.1) is 0 Å². The zero-order valence-electron chi connectivity index (χ0n) is 23.3. The summed E-state index contributed by atoms with van der Waals surface area (Å²) in [6, 6.07) is 11.7. The normalized spacial score (nSPS) is 15.0. The van der Waals surface area contributed by atoms with Crippen LogP contribution in [0.15, 0.2) is 48.8 Å². The lowest BCUT2D eigenvalue weighted by Gasteiger charge is -2.35. The number of carbonyl (C=O) groups is 2. The number of H-pyrrole nitrogens is 1. The number of fused-ring (bicyclic) bond motifs is 1. The van der Waals surface area contributed by atoms with Gasteiger partial charge in [-0.15, -0.1) is 0 Å². The fourth-order valence-corrected chi connectivity index (χ4v) is 4.22. The van der Waals surface area contributed by atoms with E-state index in [9.17, 15) is 18.0 Å². The minimum Gasteiger partial charge on any atom is -0.497 e. The van der Waals surface area contributed by atoms with Crippen LogP contribution in [0.25, 0.3) is 11.1 Å². The predicted molar refractivity (Wildman–Crippen MR) is 147 cm³/mol. The third kappa shape index (κ3) is 8.69. The molecule has 0 bridgehead atoms. The number of carboxylic acid groups (broad SMARTS) is 1. The van der Waals surface area contributed by atoms with Gasteiger partial charge in [-0.25, -0.2) is 4.79 Å². The van der Waals surface area contributed by atoms with Gasteiger partial charge in [0, 0.05) is 24.8 Å². The zero-order valence-corrected chi connectivity index (χ0v) is 23.3. The van der Waals surface area contributed by atoms with E-state index in [1.54, 1.807) is 13.3 Å². The number of aromatic nitrogens is 2. The van der Waals surface area contributed by atoms with E-state index in [0.29, 0.717) is 24.5 Å². The van der Waals surface area contributed by atoms with Gasteiger partial charge in [0.15, 0.2) is 0 Å². The molecule has 0 saturated carbocycles. The maximum atomic E-state index is 13.5. The molecule has 222 valence electrons. The number of aliphatic carboxylic acids is 1. The first-order valence-electron chi connectivity index (χ1n) is 12.8. The van der Waals surface area contributed by atoms with Gasteiger partial charge in [-0.2, -0.15) is 18.3 Å². The van der Waals surface area contributed by atoms with Gasteiger partial charge >= 0.3 is 12.1 Å². The van der Waals surface area contributed by atoms with Crippen LogP contribution in [0.3, 0.4) is 0 Å². The number of anilines is 1. The Morgan fingerprint density at radius 2 is 1.90 bits per heavy atom. The van der Waals surface area contributed by atoms with Crippen LogP contribution in [0.5, 0.6) is 11.5 Å². The number of halogens is 3. The average Bonchev–Trinajstić information content (AvgIpc) is 3.47. The standard InChI is InChI=1S/C26H33N5O3.C2HF3O2/c1-5-31-17-19-6-8-22(33-4)12-20(19)13-24(31)26(32)29-23-9-7-18(21-15-27-28-16-21)14-25(23)34-11-10-30(2)3;3-2(4,5)1(6)7/h6-9,12,14-16,24H,5,10-11,13,17H2,1-4H3,(H,27,28)(H,29,32);(H,6,7)/t24-;/m1./s1. The van der Waals surface area contributed by atoms with Crippen molar-refractivity contribution in [2.45, 2.75) is 32.1 Å². The Morgan fingerprint density at radius 3 is 2.49 bits per heavy atom. The fraction of sp³-hybridized carbons (Fsp3) is 0.393. The molecular weight excluding hydrogens is 543 g/mol. The van der Waals surface area contributed by atoms with E-state index in [0.717, 1.165) is 42.1 Å². The van der Waals surface area contributed by atoms with Crippen molar-refractivity contribution in [1.82, 2.24) is 20.0 Å². The Kier molecular flexibility index (Phi) is 10.7. The monoisotopic (exact) mass is 577 g/mol. The number of amides is 1. The molecule has 0 aliphatic carbocycles. The SMILES string of the molecule is CCN1Cc2ccc(OC)cc2C[C@@H]1C(=O)Nc1ccc(-c2cn[nH]c2)cc1OCCN(C)C.O=C(O)C(F)(F)F. The van der Waals surface area contributed by atoms with Crippen molar-refractivity contribution in [2.75, 3.05) is 46.2 Å². The van der Waals surface area contributed by atoms with Crippen molar-refractivity contribution in [3.05, 3.63) is 59.9 Å². The highest BCUT2D eigenvalue weighted by Crippen LogP contribution is 2.32. The number of methoxy groups -OCH3 is 1. The van der Waals surface area contributed by atoms with Gasteiger partial charge in [-0.05, 0) is 68.0 Å². The van der Waals surface area contributed by atoms with Crippen LogP contribution in [0.4, 0.5) is 18.9 Å². The number of alkyl halides is 3. The molecule has 3 N–H and O–H groups in total. The fourth-order valence-electron chi connectivity index (χ4n) is 4.22. The van der Waals surface area contributed by atoms with E-state index < -0.39 is 12.1 Å². The number of nitrogens with one attached hydrogen (secondary N) is 2. The van der Waals surface area contributed by atoms with Crippen LogP contribution in [-0.4, -0.2) is 90.1 Å². The molecule has 0 spiro atoms. The Bertz CT molecular complexity index is 1310. The molecule has 10 nitrogen and oxygen atoms in total. The molecule has 0 unspecified atom stereocenters. The lowest BCUT2D eigenvalue weighted by atomic mass is 9.93. The molecule has 1 aromatic heterocycles.